The topological polar surface area (TPSA) is 469 Å². The van der Waals surface area contributed by atoms with Crippen LogP contribution in [0.15, 0.2) is 206 Å². The number of aliphatic imine (C=N–C) groups is 6. The van der Waals surface area contributed by atoms with Gasteiger partial charge in [-0.15, -0.1) is 16.6 Å². The first-order valence-corrected chi connectivity index (χ1v) is 36.0. The van der Waals surface area contributed by atoms with Crippen LogP contribution in [0.1, 0.15) is 68.5 Å². The van der Waals surface area contributed by atoms with Crippen molar-refractivity contribution in [3.8, 4) is 66.8 Å². The number of fused-ring (bicyclic) bond motifs is 5. The number of cyclic esters (lactones) is 4. The van der Waals surface area contributed by atoms with Gasteiger partial charge >= 0.3 is 41.8 Å². The van der Waals surface area contributed by atoms with Crippen molar-refractivity contribution < 1.29 is 59.8 Å². The third-order valence-electron chi connectivity index (χ3n) is 19.1. The van der Waals surface area contributed by atoms with Crippen molar-refractivity contribution in [1.82, 2.24) is 4.90 Å². The van der Waals surface area contributed by atoms with E-state index >= 15 is 0 Å². The van der Waals surface area contributed by atoms with Crippen LogP contribution in [-0.4, -0.2) is 70.1 Å². The fraction of sp³-hybridized carbons (Fsp3) is 0. The Kier molecular flexibility index (Phi) is 25.5. The number of nitriles is 11. The van der Waals surface area contributed by atoms with E-state index in [9.17, 15) is 66.1 Å². The summed E-state index contributed by atoms with van der Waals surface area (Å²) in [5.74, 6) is -16.7. The van der Waals surface area contributed by atoms with Crippen molar-refractivity contribution in [2.24, 2.45) is 30.0 Å². The van der Waals surface area contributed by atoms with Crippen molar-refractivity contribution >= 4 is 148 Å². The third-order valence-corrected chi connectivity index (χ3v) is 19.1. The van der Waals surface area contributed by atoms with Crippen LogP contribution < -0.4 is 31.3 Å². The molecule has 0 fully saturated rings. The van der Waals surface area contributed by atoms with Gasteiger partial charge in [-0.25, -0.2) is 96.1 Å². The van der Waals surface area contributed by atoms with Crippen LogP contribution in [0.4, 0.5) is 26.3 Å². The number of allylic oxidation sites excluding steroid dienone is 1. The fourth-order valence-electron chi connectivity index (χ4n) is 13.6. The quantitative estimate of drug-likeness (QED) is 0.0259. The van der Waals surface area contributed by atoms with E-state index in [2.05, 4.69) is 68.5 Å². The molecule has 0 bridgehead atoms. The van der Waals surface area contributed by atoms with Crippen LogP contribution in [-0.2, 0) is 9.47 Å². The van der Waals surface area contributed by atoms with E-state index in [-0.39, 0.29) is 103 Å². The summed E-state index contributed by atoms with van der Waals surface area (Å²) < 4.78 is 94.6. The summed E-state index contributed by atoms with van der Waals surface area (Å²) in [6.45, 7) is 42.6. The molecule has 6 aliphatic rings. The van der Waals surface area contributed by atoms with Crippen LogP contribution in [0.5, 0.6) is 0 Å². The van der Waals surface area contributed by atoms with Gasteiger partial charge in [0.1, 0.15) is 59.2 Å². The summed E-state index contributed by atoms with van der Waals surface area (Å²) in [5.41, 5.74) is 1.09. The SMILES string of the molecule is N#CC(C#N)=c1c(F)c(F)c2c(F)c(=C(C#N)C#N)c(F)c(F)c2c1F.O=C1OC(=O)c2ccc3c4c(ccc1c24)C(=O)OC3=O.[C-]#[N+]C(C#N)=C1c2ccccc2C(=O)c2ccccc21.[C-]#[N+]C(C#N)=c1c2ccccc2c(=C(C#N)[N+]#[C-])c2ccccc12.[C-]#[N+]C(C#N)=c1ccc(=c2ccc(=C(C#N)[N+]#[C-])cc2)cc1.[C-]#[N+]C1=NC2=NC(C#N)=NC3=NC(C#N)=NC(=N1)N32. The van der Waals surface area contributed by atoms with Gasteiger partial charge < -0.3 is 14.3 Å². The molecule has 0 atom stereocenters. The lowest BCUT2D eigenvalue weighted by Crippen LogP contribution is -2.47. The minimum Gasteiger partial charge on any atom is -0.394 e. The molecule has 0 spiro atoms. The average Bonchev–Trinajstić information content (AvgIpc) is 0.654. The zero-order valence-electron chi connectivity index (χ0n) is 65.0. The molecule has 0 N–H and O–H groups in total. The number of carbonyl (C=O) groups excluding carboxylic acids is 5. The monoisotopic (exact) mass is 1720 g/mol. The van der Waals surface area contributed by atoms with E-state index in [0.29, 0.717) is 70.2 Å². The number of amidine groups is 2. The molecule has 0 saturated heterocycles. The number of ketones is 1. The molecule has 17 rings (SSSR count). The lowest BCUT2D eigenvalue weighted by molar-refractivity contribution is 0.0366. The molecule has 37 heteroatoms. The summed E-state index contributed by atoms with van der Waals surface area (Å²) in [4.78, 5) is 103. The lowest BCUT2D eigenvalue weighted by Gasteiger charge is -2.24. The number of halogens is 6. The van der Waals surface area contributed by atoms with Gasteiger partial charge in [-0.3, -0.25) is 4.79 Å². The molecule has 0 saturated carbocycles. The van der Waals surface area contributed by atoms with E-state index in [1.807, 2.05) is 103 Å². The van der Waals surface area contributed by atoms with Crippen molar-refractivity contribution in [3.63, 3.8) is 0 Å². The maximum atomic E-state index is 14.4. The van der Waals surface area contributed by atoms with Gasteiger partial charge in [0.15, 0.2) is 29.1 Å². The van der Waals surface area contributed by atoms with Crippen molar-refractivity contribution in [2.45, 2.75) is 0 Å². The Morgan fingerprint density at radius 3 is 0.908 bits per heavy atom. The van der Waals surface area contributed by atoms with E-state index in [0.717, 1.165) is 34.7 Å². The molecule has 31 nitrogen and oxygen atoms in total. The molecular weight excluding hydrogens is 1690 g/mol. The van der Waals surface area contributed by atoms with Gasteiger partial charge in [0.25, 0.3) is 28.5 Å². The zero-order chi connectivity index (χ0) is 94.3. The zero-order valence-corrected chi connectivity index (χ0v) is 65.0. The molecule has 5 heterocycles. The highest BCUT2D eigenvalue weighted by molar-refractivity contribution is 6.34. The first kappa shape index (κ1) is 88.4. The number of rotatable bonds is 0. The van der Waals surface area contributed by atoms with E-state index in [1.165, 1.54) is 29.2 Å². The van der Waals surface area contributed by atoms with Gasteiger partial charge in [-0.1, -0.05) is 146 Å². The predicted octanol–water partition coefficient (Wildman–Crippen LogP) is 11.7. The third kappa shape index (κ3) is 16.2. The second-order valence-electron chi connectivity index (χ2n) is 25.8. The molecule has 0 unspecified atom stereocenters. The maximum Gasteiger partial charge on any atom is 0.378 e. The van der Waals surface area contributed by atoms with E-state index in [1.54, 1.807) is 84.9 Å². The Hall–Kier alpha value is -21.9. The summed E-state index contributed by atoms with van der Waals surface area (Å²) in [6.07, 6.45) is 0. The number of guanidine groups is 4. The van der Waals surface area contributed by atoms with Crippen molar-refractivity contribution in [3.05, 3.63) is 365 Å². The highest BCUT2D eigenvalue weighted by atomic mass is 19.2. The second kappa shape index (κ2) is 37.8. The highest BCUT2D eigenvalue weighted by Gasteiger charge is 2.40. The number of hydrogen-bond donors (Lipinski definition) is 0. The summed E-state index contributed by atoms with van der Waals surface area (Å²) in [6, 6.07) is 65.7. The number of benzene rings is 11. The number of esters is 4. The lowest BCUT2D eigenvalue weighted by atomic mass is 9.80. The average molecular weight is 1720 g/mol. The van der Waals surface area contributed by atoms with Gasteiger partial charge in [0.2, 0.25) is 17.6 Å². The molecule has 11 aromatic rings. The Labute approximate surface area is 728 Å². The standard InChI is InChI=1S/C20H8N4.C18H8N4.C17H8N2O.C16F6N4.C14H4O6.C9N10/c1-23-17(11-21)19-13-7-3-5-9-15(13)20(18(12-22)24-2)16-10-6-4-8-14(16)19;1-21-17(11-19)15-7-3-13(4-8-15)14-5-9-16(10-6-14)18(12-20)22-2;1-19-15(10-18)16-11-6-2-4-8-13(11)17(20)14-9-5-3-7-12(14)16;17-11-7(5(1-23)2-24)13(19)15(21)10-9(11)16(22)14(20)8(12(10)18)6(3-25)4-26;15-11-5-1-2-6-10-8(14(18)20-12(6)16)4-3-7(9(5)10)13(17)19-11;1-12-6-17-8-15-4(2-10)13-7-14-5(3-11)16-9(18-6)19(7)8/h3-10H;3-10H;2-9H;;1-4H;. The molecule has 11 aromatic carbocycles. The van der Waals surface area contributed by atoms with Gasteiger partial charge in [0, 0.05) is 37.9 Å². The van der Waals surface area contributed by atoms with Gasteiger partial charge in [-0.2, -0.15) is 56.4 Å². The molecule has 0 aromatic heterocycles. The number of hydrogen-bond acceptors (Lipinski definition) is 25. The second-order valence-corrected chi connectivity index (χ2v) is 25.8. The Morgan fingerprint density at radius 2 is 0.611 bits per heavy atom. The van der Waals surface area contributed by atoms with Crippen molar-refractivity contribution in [2.75, 3.05) is 0 Å². The molecule has 608 valence electrons. The van der Waals surface area contributed by atoms with Crippen LogP contribution in [0.2, 0.25) is 0 Å². The number of carbonyl (C=O) groups is 5. The fourth-order valence-corrected chi connectivity index (χ4v) is 13.6. The van der Waals surface area contributed by atoms with Gasteiger partial charge in [0.05, 0.1) is 107 Å². The Bertz CT molecular complexity index is 8060. The largest absolute Gasteiger partial charge is 0.394 e. The summed E-state index contributed by atoms with van der Waals surface area (Å²) in [5, 5.41) is 98.7. The van der Waals surface area contributed by atoms with E-state index in [4.69, 9.17) is 81.5 Å². The summed E-state index contributed by atoms with van der Waals surface area (Å²) >= 11 is 0. The normalized spacial score (nSPS) is 12.2. The van der Waals surface area contributed by atoms with Crippen LogP contribution >= 0.6 is 0 Å². The first-order valence-electron chi connectivity index (χ1n) is 36.0. The number of ether oxygens (including phenoxy) is 2. The van der Waals surface area contributed by atoms with E-state index < -0.39 is 91.1 Å². The predicted molar refractivity (Wildman–Crippen MR) is 447 cm³/mol. The Morgan fingerprint density at radius 1 is 0.305 bits per heavy atom. The molecule has 131 heavy (non-hydrogen) atoms. The minimum absolute atomic E-state index is 0.00438. The maximum absolute atomic E-state index is 14.4. The highest BCUT2D eigenvalue weighted by Crippen LogP contribution is 2.39. The van der Waals surface area contributed by atoms with Crippen LogP contribution in [0.25, 0.3) is 112 Å². The molecular formula is C94H28F6N24O7. The molecule has 1 aliphatic carbocycles. The molecule has 0 amide bonds. The molecule has 5 aliphatic heterocycles. The van der Waals surface area contributed by atoms with Gasteiger partial charge in [-0.05, 0) is 77.8 Å². The summed E-state index contributed by atoms with van der Waals surface area (Å²) in [7, 11) is 0. The van der Waals surface area contributed by atoms with Crippen LogP contribution in [0.3, 0.4) is 0 Å². The van der Waals surface area contributed by atoms with Crippen LogP contribution in [0, 0.1) is 209 Å². The smallest absolute Gasteiger partial charge is 0.378 e. The molecule has 0 radical (unpaired) electrons. The first-order chi connectivity index (χ1) is 63.3. The number of nitrogens with zero attached hydrogens (tertiary/aromatic N) is 24. The minimum atomic E-state index is -2.23. The van der Waals surface area contributed by atoms with Crippen molar-refractivity contribution in [1.29, 1.82) is 57.9 Å². The Balaban J connectivity index is 0.000000142.